The average molecular weight is 281 g/mol. The molecule has 21 heavy (non-hydrogen) atoms. The summed E-state index contributed by atoms with van der Waals surface area (Å²) in [7, 11) is 0. The first-order valence-corrected chi connectivity index (χ1v) is 7.13. The normalized spacial score (nSPS) is 9.57. The van der Waals surface area contributed by atoms with Crippen LogP contribution in [0.1, 0.15) is 44.6 Å². The maximum Gasteiger partial charge on any atom is 0.269 e. The molecular weight excluding hydrogens is 262 g/mol. The molecule has 0 unspecified atom stereocenters. The predicted molar refractivity (Wildman–Crippen MR) is 85.6 cm³/mol. The lowest BCUT2D eigenvalue weighted by Gasteiger charge is -1.91. The molecule has 0 bridgehead atoms. The minimum Gasteiger partial charge on any atom is -0.258 e. The highest BCUT2D eigenvalue weighted by molar-refractivity contribution is 5.42. The largest absolute Gasteiger partial charge is 0.269 e. The van der Waals surface area contributed by atoms with E-state index in [2.05, 4.69) is 30.6 Å². The molecule has 108 valence electrons. The van der Waals surface area contributed by atoms with Crippen molar-refractivity contribution in [3.8, 4) is 23.7 Å². The van der Waals surface area contributed by atoms with Gasteiger partial charge in [0.05, 0.1) is 4.92 Å². The van der Waals surface area contributed by atoms with E-state index in [4.69, 9.17) is 0 Å². The Morgan fingerprint density at radius 2 is 1.81 bits per heavy atom. The topological polar surface area (TPSA) is 43.1 Å². The van der Waals surface area contributed by atoms with Crippen molar-refractivity contribution in [2.24, 2.45) is 0 Å². The summed E-state index contributed by atoms with van der Waals surface area (Å²) in [6, 6.07) is 6.17. The van der Waals surface area contributed by atoms with Crippen molar-refractivity contribution in [3.63, 3.8) is 0 Å². The van der Waals surface area contributed by atoms with Crippen LogP contribution in [0.25, 0.3) is 0 Å². The van der Waals surface area contributed by atoms with E-state index in [-0.39, 0.29) is 5.69 Å². The third-order valence-electron chi connectivity index (χ3n) is 2.80. The monoisotopic (exact) mass is 281 g/mol. The van der Waals surface area contributed by atoms with E-state index < -0.39 is 4.92 Å². The lowest BCUT2D eigenvalue weighted by Crippen LogP contribution is -1.86. The Labute approximate surface area is 126 Å². The molecule has 0 saturated carbocycles. The van der Waals surface area contributed by atoms with Crippen LogP contribution in [-0.4, -0.2) is 4.92 Å². The molecule has 0 fully saturated rings. The van der Waals surface area contributed by atoms with Gasteiger partial charge in [-0.1, -0.05) is 49.9 Å². The zero-order valence-electron chi connectivity index (χ0n) is 12.3. The minimum atomic E-state index is -0.423. The number of nitro benzene ring substituents is 1. The lowest BCUT2D eigenvalue weighted by molar-refractivity contribution is -0.384. The molecule has 1 aromatic rings. The number of hydrogen-bond donors (Lipinski definition) is 0. The fourth-order valence-electron chi connectivity index (χ4n) is 1.65. The first-order chi connectivity index (χ1) is 10.2. The highest BCUT2D eigenvalue weighted by atomic mass is 16.6. The van der Waals surface area contributed by atoms with Crippen molar-refractivity contribution < 1.29 is 4.92 Å². The van der Waals surface area contributed by atoms with Crippen LogP contribution in [0.15, 0.2) is 36.4 Å². The van der Waals surface area contributed by atoms with Gasteiger partial charge in [-0.25, -0.2) is 0 Å². The summed E-state index contributed by atoms with van der Waals surface area (Å²) in [5, 5.41) is 10.5. The number of rotatable bonds is 5. The fourth-order valence-corrected chi connectivity index (χ4v) is 1.65. The smallest absolute Gasteiger partial charge is 0.258 e. The molecule has 0 aliphatic carbocycles. The standard InChI is InChI=1S/C18H19NO2/c1-2-3-4-5-6-7-8-9-10-11-12-17-13-15-18(16-14-17)19(20)21/h9-10,13-16H,2-6H2,1H3/b10-9-. The van der Waals surface area contributed by atoms with Gasteiger partial charge in [0.25, 0.3) is 5.69 Å². The second-order valence-electron chi connectivity index (χ2n) is 4.54. The Kier molecular flexibility index (Phi) is 8.10. The van der Waals surface area contributed by atoms with Gasteiger partial charge in [-0.15, -0.1) is 0 Å². The zero-order valence-corrected chi connectivity index (χ0v) is 12.3. The van der Waals surface area contributed by atoms with Crippen LogP contribution in [0.4, 0.5) is 5.69 Å². The van der Waals surface area contributed by atoms with Gasteiger partial charge >= 0.3 is 0 Å². The van der Waals surface area contributed by atoms with Crippen molar-refractivity contribution in [1.82, 2.24) is 0 Å². The van der Waals surface area contributed by atoms with Crippen LogP contribution in [0.3, 0.4) is 0 Å². The van der Waals surface area contributed by atoms with Gasteiger partial charge in [-0.05, 0) is 30.7 Å². The SMILES string of the molecule is CCCCCCC#C/C=C\C#Cc1ccc([N+](=O)[O-])cc1. The summed E-state index contributed by atoms with van der Waals surface area (Å²) in [4.78, 5) is 10.1. The molecule has 1 rings (SSSR count). The summed E-state index contributed by atoms with van der Waals surface area (Å²) in [5.74, 6) is 11.8. The van der Waals surface area contributed by atoms with Crippen molar-refractivity contribution in [3.05, 3.63) is 52.1 Å². The molecule has 0 N–H and O–H groups in total. The maximum absolute atomic E-state index is 10.5. The van der Waals surface area contributed by atoms with Gasteiger partial charge in [0, 0.05) is 24.1 Å². The maximum atomic E-state index is 10.5. The Morgan fingerprint density at radius 1 is 1.10 bits per heavy atom. The zero-order chi connectivity index (χ0) is 15.3. The van der Waals surface area contributed by atoms with E-state index in [1.807, 2.05) is 0 Å². The van der Waals surface area contributed by atoms with Gasteiger partial charge in [0.15, 0.2) is 0 Å². The molecule has 0 atom stereocenters. The highest BCUT2D eigenvalue weighted by Crippen LogP contribution is 2.10. The third-order valence-corrected chi connectivity index (χ3v) is 2.80. The van der Waals surface area contributed by atoms with Crippen LogP contribution in [0.2, 0.25) is 0 Å². The molecule has 0 amide bonds. The number of allylic oxidation sites excluding steroid dienone is 2. The van der Waals surface area contributed by atoms with Crippen molar-refractivity contribution in [2.45, 2.75) is 39.0 Å². The molecule has 0 aromatic heterocycles. The molecule has 0 aliphatic heterocycles. The first kappa shape index (κ1) is 16.5. The lowest BCUT2D eigenvalue weighted by atomic mass is 10.2. The molecule has 0 saturated heterocycles. The van der Waals surface area contributed by atoms with Gasteiger partial charge in [-0.2, -0.15) is 0 Å². The molecule has 0 spiro atoms. The van der Waals surface area contributed by atoms with Gasteiger partial charge < -0.3 is 0 Å². The van der Waals surface area contributed by atoms with E-state index in [0.717, 1.165) is 18.4 Å². The van der Waals surface area contributed by atoms with Crippen LogP contribution in [-0.2, 0) is 0 Å². The average Bonchev–Trinajstić information content (AvgIpc) is 2.49. The quantitative estimate of drug-likeness (QED) is 0.346. The molecule has 3 nitrogen and oxygen atoms in total. The number of hydrogen-bond acceptors (Lipinski definition) is 2. The number of benzene rings is 1. The number of non-ortho nitro benzene ring substituents is 1. The summed E-state index contributed by atoms with van der Waals surface area (Å²) in [6.45, 7) is 2.19. The van der Waals surface area contributed by atoms with Gasteiger partial charge in [0.1, 0.15) is 0 Å². The van der Waals surface area contributed by atoms with Crippen molar-refractivity contribution in [1.29, 1.82) is 0 Å². The summed E-state index contributed by atoms with van der Waals surface area (Å²) >= 11 is 0. The molecule has 0 heterocycles. The Morgan fingerprint density at radius 3 is 2.48 bits per heavy atom. The third kappa shape index (κ3) is 7.60. The summed E-state index contributed by atoms with van der Waals surface area (Å²) in [5.41, 5.74) is 0.822. The molecule has 0 aliphatic rings. The summed E-state index contributed by atoms with van der Waals surface area (Å²) < 4.78 is 0. The van der Waals surface area contributed by atoms with Crippen molar-refractivity contribution >= 4 is 5.69 Å². The predicted octanol–water partition coefficient (Wildman–Crippen LogP) is 4.48. The minimum absolute atomic E-state index is 0.0741. The second-order valence-corrected chi connectivity index (χ2v) is 4.54. The Bertz CT molecular complexity index is 592. The van der Waals surface area contributed by atoms with Crippen LogP contribution < -0.4 is 0 Å². The first-order valence-electron chi connectivity index (χ1n) is 7.13. The second kappa shape index (κ2) is 10.3. The van der Waals surface area contributed by atoms with E-state index in [9.17, 15) is 10.1 Å². The fraction of sp³-hybridized carbons (Fsp3) is 0.333. The van der Waals surface area contributed by atoms with Crippen molar-refractivity contribution in [2.75, 3.05) is 0 Å². The van der Waals surface area contributed by atoms with Crippen LogP contribution >= 0.6 is 0 Å². The number of nitro groups is 1. The number of unbranched alkanes of at least 4 members (excludes halogenated alkanes) is 4. The number of nitrogens with zero attached hydrogens (tertiary/aromatic N) is 1. The van der Waals surface area contributed by atoms with E-state index >= 15 is 0 Å². The Hall–Kier alpha value is -2.52. The Balaban J connectivity index is 2.36. The van der Waals surface area contributed by atoms with Crippen LogP contribution in [0.5, 0.6) is 0 Å². The van der Waals surface area contributed by atoms with E-state index in [1.54, 1.807) is 24.3 Å². The van der Waals surface area contributed by atoms with Gasteiger partial charge in [-0.3, -0.25) is 10.1 Å². The molecule has 1 aromatic carbocycles. The van der Waals surface area contributed by atoms with E-state index in [0.29, 0.717) is 0 Å². The highest BCUT2D eigenvalue weighted by Gasteiger charge is 2.01. The van der Waals surface area contributed by atoms with Crippen LogP contribution in [0, 0.1) is 33.8 Å². The summed E-state index contributed by atoms with van der Waals surface area (Å²) in [6.07, 6.45) is 9.28. The van der Waals surface area contributed by atoms with Gasteiger partial charge in [0.2, 0.25) is 0 Å². The molecule has 0 radical (unpaired) electrons. The molecular formula is C18H19NO2. The molecule has 3 heteroatoms. The van der Waals surface area contributed by atoms with E-state index in [1.165, 1.54) is 31.4 Å².